The SMILES string of the molecule is CCCCCCC[CH2][Sn][CH2]CCCCCCC.O=C(O)S. The van der Waals surface area contributed by atoms with Crippen LogP contribution in [0, 0.1) is 0 Å². The summed E-state index contributed by atoms with van der Waals surface area (Å²) in [4.78, 5) is 8.86. The van der Waals surface area contributed by atoms with Gasteiger partial charge in [-0.25, -0.2) is 4.79 Å². The molecule has 0 atom stereocenters. The van der Waals surface area contributed by atoms with Crippen molar-refractivity contribution in [3.63, 3.8) is 0 Å². The van der Waals surface area contributed by atoms with Crippen LogP contribution in [-0.2, 0) is 0 Å². The van der Waals surface area contributed by atoms with Gasteiger partial charge in [-0.3, -0.25) is 0 Å². The van der Waals surface area contributed by atoms with E-state index in [-0.39, 0.29) is 21.1 Å². The van der Waals surface area contributed by atoms with Gasteiger partial charge in [-0.1, -0.05) is 12.6 Å². The zero-order valence-electron chi connectivity index (χ0n) is 14.2. The Morgan fingerprint density at radius 1 is 0.762 bits per heavy atom. The van der Waals surface area contributed by atoms with Gasteiger partial charge in [0.1, 0.15) is 0 Å². The number of unbranched alkanes of at least 4 members (excludes halogenated alkanes) is 10. The summed E-state index contributed by atoms with van der Waals surface area (Å²) >= 11 is 2.96. The monoisotopic (exact) mass is 424 g/mol. The quantitative estimate of drug-likeness (QED) is 0.182. The number of carboxylic acid groups (broad SMARTS) is 1. The van der Waals surface area contributed by atoms with E-state index >= 15 is 0 Å². The molecule has 0 saturated carbocycles. The van der Waals surface area contributed by atoms with Crippen LogP contribution in [0.4, 0.5) is 4.79 Å². The zero-order valence-corrected chi connectivity index (χ0v) is 18.0. The Morgan fingerprint density at radius 2 is 1.05 bits per heavy atom. The van der Waals surface area contributed by atoms with Crippen molar-refractivity contribution in [2.75, 3.05) is 0 Å². The van der Waals surface area contributed by atoms with Gasteiger partial charge in [0.25, 0.3) is 0 Å². The number of carbonyl (C=O) groups is 1. The maximum Gasteiger partial charge on any atom is 0.361 e. The summed E-state index contributed by atoms with van der Waals surface area (Å²) in [6.45, 7) is 4.60. The molecule has 0 aliphatic carbocycles. The second-order valence-corrected chi connectivity index (χ2v) is 10.2. The van der Waals surface area contributed by atoms with Crippen molar-refractivity contribution >= 4 is 39.1 Å². The summed E-state index contributed by atoms with van der Waals surface area (Å²) in [5.41, 5.74) is 0. The van der Waals surface area contributed by atoms with E-state index in [0.29, 0.717) is 0 Å². The van der Waals surface area contributed by atoms with Crippen LogP contribution in [0.1, 0.15) is 90.9 Å². The van der Waals surface area contributed by atoms with Crippen molar-refractivity contribution in [2.45, 2.75) is 99.8 Å². The van der Waals surface area contributed by atoms with Gasteiger partial charge in [0.05, 0.1) is 0 Å². The molecular weight excluding hydrogens is 387 g/mol. The number of rotatable bonds is 14. The summed E-state index contributed by atoms with van der Waals surface area (Å²) in [6, 6.07) is 0. The van der Waals surface area contributed by atoms with Crippen molar-refractivity contribution in [3.8, 4) is 0 Å². The molecule has 0 fully saturated rings. The molecule has 0 aromatic rings. The fraction of sp³-hybridized carbons (Fsp3) is 0.941. The molecule has 0 heterocycles. The molecule has 2 nitrogen and oxygen atoms in total. The topological polar surface area (TPSA) is 37.3 Å². The van der Waals surface area contributed by atoms with Crippen LogP contribution in [0.15, 0.2) is 0 Å². The molecule has 1 N–H and O–H groups in total. The Labute approximate surface area is 148 Å². The molecule has 4 heteroatoms. The maximum atomic E-state index is 8.86. The minimum Gasteiger partial charge on any atom is -0.473 e. The van der Waals surface area contributed by atoms with E-state index in [4.69, 9.17) is 9.90 Å². The minimum atomic E-state index is -1.14. The molecule has 0 unspecified atom stereocenters. The second kappa shape index (κ2) is 22.9. The molecule has 0 amide bonds. The summed E-state index contributed by atoms with van der Waals surface area (Å²) < 4.78 is 3.31. The molecule has 0 bridgehead atoms. The van der Waals surface area contributed by atoms with E-state index in [2.05, 4.69) is 26.5 Å². The second-order valence-electron chi connectivity index (χ2n) is 5.57. The van der Waals surface area contributed by atoms with E-state index < -0.39 is 5.30 Å². The predicted octanol–water partition coefficient (Wildman–Crippen LogP) is 6.84. The summed E-state index contributed by atoms with van der Waals surface area (Å²) in [5.74, 6) is 0. The average Bonchev–Trinajstić information content (AvgIpc) is 2.43. The van der Waals surface area contributed by atoms with Crippen molar-refractivity contribution in [3.05, 3.63) is 0 Å². The first-order valence-electron chi connectivity index (χ1n) is 8.77. The van der Waals surface area contributed by atoms with Crippen LogP contribution >= 0.6 is 12.6 Å². The molecule has 0 aromatic heterocycles. The molecule has 21 heavy (non-hydrogen) atoms. The number of hydrogen-bond acceptors (Lipinski definition) is 1. The summed E-state index contributed by atoms with van der Waals surface area (Å²) in [7, 11) is 0. The Balaban J connectivity index is 0. The molecule has 0 rings (SSSR count). The molecule has 2 radical (unpaired) electrons. The summed E-state index contributed by atoms with van der Waals surface area (Å²) in [5, 5.41) is 6.14. The van der Waals surface area contributed by atoms with E-state index in [1.807, 2.05) is 0 Å². The standard InChI is InChI=1S/2C8H17.CH2O2S.Sn/c2*1-3-5-7-8-6-4-2;2-1(3)4;/h2*1,3-8H2,2H3;4H,(H,2,3);. The third kappa shape index (κ3) is 33.4. The smallest absolute Gasteiger partial charge is 0.361 e. The van der Waals surface area contributed by atoms with Gasteiger partial charge in [0, 0.05) is 0 Å². The molecule has 0 spiro atoms. The normalized spacial score (nSPS) is 10.0. The first kappa shape index (κ1) is 23.9. The van der Waals surface area contributed by atoms with Crippen molar-refractivity contribution in [2.24, 2.45) is 0 Å². The Bertz CT molecular complexity index is 183. The predicted molar refractivity (Wildman–Crippen MR) is 99.1 cm³/mol. The van der Waals surface area contributed by atoms with Crippen LogP contribution < -0.4 is 0 Å². The Morgan fingerprint density at radius 3 is 1.38 bits per heavy atom. The average molecular weight is 423 g/mol. The molecule has 0 aliphatic heterocycles. The number of thiol groups is 1. The van der Waals surface area contributed by atoms with E-state index in [9.17, 15) is 0 Å². The first-order chi connectivity index (χ1) is 10.1. The van der Waals surface area contributed by atoms with E-state index in [1.54, 1.807) is 21.7 Å². The van der Waals surface area contributed by atoms with E-state index in [0.717, 1.165) is 0 Å². The van der Waals surface area contributed by atoms with Gasteiger partial charge in [-0.15, -0.1) is 0 Å². The van der Waals surface area contributed by atoms with Gasteiger partial charge < -0.3 is 5.11 Å². The number of hydrogen-bond donors (Lipinski definition) is 2. The van der Waals surface area contributed by atoms with Crippen molar-refractivity contribution in [1.29, 1.82) is 0 Å². The van der Waals surface area contributed by atoms with Gasteiger partial charge in [0.2, 0.25) is 0 Å². The molecule has 0 saturated heterocycles. The van der Waals surface area contributed by atoms with Gasteiger partial charge in [-0.2, -0.15) is 0 Å². The van der Waals surface area contributed by atoms with Crippen LogP contribution in [0.5, 0.6) is 0 Å². The van der Waals surface area contributed by atoms with Crippen LogP contribution in [0.3, 0.4) is 0 Å². The van der Waals surface area contributed by atoms with E-state index in [1.165, 1.54) is 64.2 Å². The third-order valence-electron chi connectivity index (χ3n) is 3.41. The van der Waals surface area contributed by atoms with Crippen molar-refractivity contribution < 1.29 is 9.90 Å². The van der Waals surface area contributed by atoms with Gasteiger partial charge in [0.15, 0.2) is 0 Å². The Hall–Kier alpha value is 0.619. The Kier molecular flexibility index (Phi) is 26.0. The van der Waals surface area contributed by atoms with Crippen molar-refractivity contribution in [1.82, 2.24) is 0 Å². The first-order valence-corrected chi connectivity index (χ1v) is 13.3. The fourth-order valence-corrected chi connectivity index (χ4v) is 5.75. The van der Waals surface area contributed by atoms with Gasteiger partial charge >= 0.3 is 126 Å². The van der Waals surface area contributed by atoms with Gasteiger partial charge in [-0.05, 0) is 0 Å². The maximum absolute atomic E-state index is 8.86. The minimum absolute atomic E-state index is 0.0736. The largest absolute Gasteiger partial charge is 0.473 e. The fourth-order valence-electron chi connectivity index (χ4n) is 2.19. The molecular formula is C17H36O2SSn. The molecule has 0 aliphatic rings. The molecule has 126 valence electrons. The van der Waals surface area contributed by atoms with Crippen LogP contribution in [-0.4, -0.2) is 31.6 Å². The third-order valence-corrected chi connectivity index (χ3v) is 7.45. The van der Waals surface area contributed by atoms with Crippen LogP contribution in [0.25, 0.3) is 0 Å². The zero-order chi connectivity index (χ0) is 16.2. The van der Waals surface area contributed by atoms with Crippen LogP contribution in [0.2, 0.25) is 8.87 Å². The summed E-state index contributed by atoms with van der Waals surface area (Å²) in [6.07, 6.45) is 17.8. The molecule has 0 aromatic carbocycles.